The minimum atomic E-state index is -1.08. The molecule has 104 valence electrons. The largest absolute Gasteiger partial charge is 0.479 e. The van der Waals surface area contributed by atoms with Gasteiger partial charge in [0.2, 0.25) is 5.91 Å². The van der Waals surface area contributed by atoms with Gasteiger partial charge in [0, 0.05) is 25.4 Å². The van der Waals surface area contributed by atoms with Gasteiger partial charge in [0.05, 0.1) is 11.7 Å². The Balaban J connectivity index is 2.53. The molecule has 1 amide bonds. The van der Waals surface area contributed by atoms with E-state index in [-0.39, 0.29) is 12.5 Å². The maximum absolute atomic E-state index is 11.8. The Hall–Kier alpha value is -1.89. The van der Waals surface area contributed by atoms with Gasteiger partial charge in [0.25, 0.3) is 0 Å². The lowest BCUT2D eigenvalue weighted by atomic mass is 9.96. The zero-order valence-corrected chi connectivity index (χ0v) is 11.4. The Kier molecular flexibility index (Phi) is 3.32. The van der Waals surface area contributed by atoms with Crippen LogP contribution in [0.3, 0.4) is 0 Å². The fourth-order valence-electron chi connectivity index (χ4n) is 2.48. The van der Waals surface area contributed by atoms with Crippen LogP contribution in [0.15, 0.2) is 0 Å². The summed E-state index contributed by atoms with van der Waals surface area (Å²) in [5.41, 5.74) is 2.28. The molecule has 2 unspecified atom stereocenters. The van der Waals surface area contributed by atoms with Gasteiger partial charge in [0.1, 0.15) is 6.61 Å². The number of aryl methyl sites for hydroxylation is 2. The standard InChI is InChI=1S/C12H17N3O4/c1-6-9(7(2)15(4)13-6)10-11(12(17)18)19-5-8(16)14(10)3/h10-11H,5H2,1-4H3,(H,17,18). The lowest BCUT2D eigenvalue weighted by molar-refractivity contribution is -0.171. The lowest BCUT2D eigenvalue weighted by Crippen LogP contribution is -2.50. The molecule has 2 heterocycles. The lowest BCUT2D eigenvalue weighted by Gasteiger charge is -2.37. The Labute approximate surface area is 110 Å². The van der Waals surface area contributed by atoms with Gasteiger partial charge < -0.3 is 14.7 Å². The zero-order chi connectivity index (χ0) is 14.3. The Morgan fingerprint density at radius 3 is 2.53 bits per heavy atom. The molecular formula is C12H17N3O4. The molecule has 7 heteroatoms. The van der Waals surface area contributed by atoms with E-state index in [2.05, 4.69) is 5.10 Å². The summed E-state index contributed by atoms with van der Waals surface area (Å²) in [6.07, 6.45) is -1.07. The van der Waals surface area contributed by atoms with Crippen LogP contribution < -0.4 is 0 Å². The number of aliphatic carboxylic acids is 1. The summed E-state index contributed by atoms with van der Waals surface area (Å²) < 4.78 is 6.86. The number of hydrogen-bond donors (Lipinski definition) is 1. The number of carbonyl (C=O) groups is 2. The summed E-state index contributed by atoms with van der Waals surface area (Å²) in [5.74, 6) is -1.31. The highest BCUT2D eigenvalue weighted by molar-refractivity contribution is 5.82. The summed E-state index contributed by atoms with van der Waals surface area (Å²) in [4.78, 5) is 24.5. The SMILES string of the molecule is Cc1nn(C)c(C)c1C1C(C(=O)O)OCC(=O)N1C. The molecule has 1 aliphatic rings. The first kappa shape index (κ1) is 13.5. The van der Waals surface area contributed by atoms with Crippen molar-refractivity contribution in [1.82, 2.24) is 14.7 Å². The van der Waals surface area contributed by atoms with E-state index in [1.165, 1.54) is 4.90 Å². The third-order valence-corrected chi connectivity index (χ3v) is 3.59. The van der Waals surface area contributed by atoms with Crippen LogP contribution in [0.2, 0.25) is 0 Å². The predicted molar refractivity (Wildman–Crippen MR) is 65.6 cm³/mol. The van der Waals surface area contributed by atoms with Gasteiger partial charge in [-0.1, -0.05) is 0 Å². The van der Waals surface area contributed by atoms with Gasteiger partial charge in [-0.3, -0.25) is 9.48 Å². The van der Waals surface area contributed by atoms with Crippen molar-refractivity contribution in [3.05, 3.63) is 17.0 Å². The second-order valence-corrected chi connectivity index (χ2v) is 4.73. The Bertz CT molecular complexity index is 537. The first-order valence-corrected chi connectivity index (χ1v) is 5.94. The number of likely N-dealkylation sites (N-methyl/N-ethyl adjacent to an activating group) is 1. The molecule has 0 saturated carbocycles. The normalized spacial score (nSPS) is 23.8. The smallest absolute Gasteiger partial charge is 0.335 e. The molecule has 0 bridgehead atoms. The van der Waals surface area contributed by atoms with E-state index < -0.39 is 18.1 Å². The number of nitrogens with zero attached hydrogens (tertiary/aromatic N) is 3. The number of carbonyl (C=O) groups excluding carboxylic acids is 1. The van der Waals surface area contributed by atoms with E-state index >= 15 is 0 Å². The molecule has 2 atom stereocenters. The molecule has 1 aliphatic heterocycles. The molecule has 1 fully saturated rings. The average molecular weight is 267 g/mol. The molecule has 0 radical (unpaired) electrons. The number of carboxylic acids is 1. The van der Waals surface area contributed by atoms with Crippen molar-refractivity contribution in [2.75, 3.05) is 13.7 Å². The Morgan fingerprint density at radius 1 is 1.42 bits per heavy atom. The summed E-state index contributed by atoms with van der Waals surface area (Å²) in [6, 6.07) is -0.646. The average Bonchev–Trinajstić information content (AvgIpc) is 2.57. The number of carboxylic acid groups (broad SMARTS) is 1. The molecule has 1 saturated heterocycles. The number of amides is 1. The fraction of sp³-hybridized carbons (Fsp3) is 0.583. The van der Waals surface area contributed by atoms with E-state index in [9.17, 15) is 14.7 Å². The number of ether oxygens (including phenoxy) is 1. The van der Waals surface area contributed by atoms with Gasteiger partial charge in [-0.05, 0) is 13.8 Å². The maximum Gasteiger partial charge on any atom is 0.335 e. The highest BCUT2D eigenvalue weighted by atomic mass is 16.5. The second kappa shape index (κ2) is 4.65. The molecule has 0 aromatic carbocycles. The van der Waals surface area contributed by atoms with Crippen LogP contribution >= 0.6 is 0 Å². The monoisotopic (exact) mass is 267 g/mol. The van der Waals surface area contributed by atoms with E-state index in [1.54, 1.807) is 25.7 Å². The molecule has 1 aromatic rings. The van der Waals surface area contributed by atoms with Crippen molar-refractivity contribution < 1.29 is 19.4 Å². The highest BCUT2D eigenvalue weighted by Gasteiger charge is 2.42. The van der Waals surface area contributed by atoms with Crippen molar-refractivity contribution in [1.29, 1.82) is 0 Å². The van der Waals surface area contributed by atoms with Crippen molar-refractivity contribution in [3.63, 3.8) is 0 Å². The van der Waals surface area contributed by atoms with E-state index in [0.29, 0.717) is 5.69 Å². The molecule has 7 nitrogen and oxygen atoms in total. The Morgan fingerprint density at radius 2 is 2.05 bits per heavy atom. The van der Waals surface area contributed by atoms with Crippen molar-refractivity contribution >= 4 is 11.9 Å². The van der Waals surface area contributed by atoms with Gasteiger partial charge in [-0.2, -0.15) is 5.10 Å². The van der Waals surface area contributed by atoms with Gasteiger partial charge in [0.15, 0.2) is 6.10 Å². The minimum absolute atomic E-state index is 0.206. The van der Waals surface area contributed by atoms with E-state index in [0.717, 1.165) is 11.3 Å². The van der Waals surface area contributed by atoms with Crippen LogP contribution in [0.5, 0.6) is 0 Å². The number of hydrogen-bond acceptors (Lipinski definition) is 4. The molecule has 2 rings (SSSR count). The third-order valence-electron chi connectivity index (χ3n) is 3.59. The first-order valence-electron chi connectivity index (χ1n) is 5.94. The van der Waals surface area contributed by atoms with Crippen molar-refractivity contribution in [2.45, 2.75) is 26.0 Å². The number of aromatic nitrogens is 2. The zero-order valence-electron chi connectivity index (χ0n) is 11.4. The molecule has 1 N–H and O–H groups in total. The van der Waals surface area contributed by atoms with Gasteiger partial charge >= 0.3 is 5.97 Å². The first-order chi connectivity index (χ1) is 8.84. The van der Waals surface area contributed by atoms with E-state index in [4.69, 9.17) is 4.74 Å². The summed E-state index contributed by atoms with van der Waals surface area (Å²) in [5, 5.41) is 13.5. The van der Waals surface area contributed by atoms with Crippen LogP contribution in [0.25, 0.3) is 0 Å². The van der Waals surface area contributed by atoms with Crippen LogP contribution in [0.4, 0.5) is 0 Å². The quantitative estimate of drug-likeness (QED) is 0.816. The molecule has 19 heavy (non-hydrogen) atoms. The fourth-order valence-corrected chi connectivity index (χ4v) is 2.48. The number of rotatable bonds is 2. The van der Waals surface area contributed by atoms with Crippen LogP contribution in [0.1, 0.15) is 23.0 Å². The molecule has 0 aliphatic carbocycles. The summed E-state index contributed by atoms with van der Waals surface area (Å²) in [7, 11) is 3.38. The van der Waals surface area contributed by atoms with Crippen LogP contribution in [-0.4, -0.2) is 51.4 Å². The van der Waals surface area contributed by atoms with E-state index in [1.807, 2.05) is 6.92 Å². The maximum atomic E-state index is 11.8. The van der Waals surface area contributed by atoms with Crippen molar-refractivity contribution in [2.24, 2.45) is 7.05 Å². The predicted octanol–water partition coefficient (Wildman–Crippen LogP) is 0.0198. The second-order valence-electron chi connectivity index (χ2n) is 4.73. The van der Waals surface area contributed by atoms with Gasteiger partial charge in [-0.25, -0.2) is 4.79 Å². The van der Waals surface area contributed by atoms with Crippen LogP contribution in [0, 0.1) is 13.8 Å². The van der Waals surface area contributed by atoms with Gasteiger partial charge in [-0.15, -0.1) is 0 Å². The van der Waals surface area contributed by atoms with Crippen molar-refractivity contribution in [3.8, 4) is 0 Å². The van der Waals surface area contributed by atoms with Crippen LogP contribution in [-0.2, 0) is 21.4 Å². The molecule has 0 spiro atoms. The minimum Gasteiger partial charge on any atom is -0.479 e. The molecule has 1 aromatic heterocycles. The summed E-state index contributed by atoms with van der Waals surface area (Å²) in [6.45, 7) is 3.44. The summed E-state index contributed by atoms with van der Waals surface area (Å²) >= 11 is 0. The third kappa shape index (κ3) is 2.10. The molecular weight excluding hydrogens is 250 g/mol. The number of morpholine rings is 1. The topological polar surface area (TPSA) is 84.7 Å². The highest BCUT2D eigenvalue weighted by Crippen LogP contribution is 2.33.